The van der Waals surface area contributed by atoms with Gasteiger partial charge in [-0.3, -0.25) is 9.59 Å². The first-order valence-corrected chi connectivity index (χ1v) is 10.9. The Balaban J connectivity index is 1.48. The van der Waals surface area contributed by atoms with Gasteiger partial charge in [-0.2, -0.15) is 4.98 Å². The largest absolute Gasteiger partial charge is 0.378 e. The Morgan fingerprint density at radius 2 is 1.94 bits per heavy atom. The molecule has 1 aromatic heterocycles. The van der Waals surface area contributed by atoms with Crippen LogP contribution in [0, 0.1) is 19.8 Å². The monoisotopic (exact) mass is 438 g/mol. The van der Waals surface area contributed by atoms with Gasteiger partial charge in [0.25, 0.3) is 0 Å². The second kappa shape index (κ2) is 9.12. The van der Waals surface area contributed by atoms with Crippen LogP contribution in [0.5, 0.6) is 0 Å². The first-order valence-electron chi connectivity index (χ1n) is 10.9. The minimum absolute atomic E-state index is 0.0415. The van der Waals surface area contributed by atoms with Crippen molar-refractivity contribution in [2.75, 3.05) is 67.0 Å². The minimum atomic E-state index is -0.432. The number of anilines is 4. The van der Waals surface area contributed by atoms with Gasteiger partial charge in [0.05, 0.1) is 25.3 Å². The Morgan fingerprint density at radius 1 is 1.19 bits per heavy atom. The van der Waals surface area contributed by atoms with Crippen molar-refractivity contribution in [3.8, 4) is 0 Å². The van der Waals surface area contributed by atoms with E-state index in [1.54, 1.807) is 11.1 Å². The van der Waals surface area contributed by atoms with E-state index in [0.717, 1.165) is 24.3 Å². The number of benzene rings is 1. The summed E-state index contributed by atoms with van der Waals surface area (Å²) in [5, 5.41) is 2.95. The zero-order valence-corrected chi connectivity index (χ0v) is 19.1. The van der Waals surface area contributed by atoms with E-state index in [1.165, 1.54) is 5.56 Å². The van der Waals surface area contributed by atoms with Gasteiger partial charge in [0.2, 0.25) is 17.8 Å². The highest BCUT2D eigenvalue weighted by Gasteiger charge is 2.35. The number of amides is 2. The first kappa shape index (κ1) is 22.0. The Hall–Kier alpha value is -3.20. The molecular weight excluding hydrogens is 408 g/mol. The molecule has 9 heteroatoms. The number of hydrogen-bond donors (Lipinski definition) is 1. The molecular formula is C23H30N6O3. The summed E-state index contributed by atoms with van der Waals surface area (Å²) in [6.45, 7) is 7.17. The van der Waals surface area contributed by atoms with Crippen molar-refractivity contribution in [3.05, 3.63) is 35.5 Å². The van der Waals surface area contributed by atoms with Crippen molar-refractivity contribution < 1.29 is 14.3 Å². The smallest absolute Gasteiger partial charge is 0.229 e. The van der Waals surface area contributed by atoms with E-state index in [0.29, 0.717) is 37.2 Å². The minimum Gasteiger partial charge on any atom is -0.378 e. The number of hydrogen-bond acceptors (Lipinski definition) is 7. The van der Waals surface area contributed by atoms with Crippen molar-refractivity contribution in [2.45, 2.75) is 20.3 Å². The summed E-state index contributed by atoms with van der Waals surface area (Å²) >= 11 is 0. The van der Waals surface area contributed by atoms with Crippen LogP contribution in [0.3, 0.4) is 0 Å². The molecule has 2 saturated heterocycles. The molecule has 4 rings (SSSR count). The van der Waals surface area contributed by atoms with E-state index in [1.807, 2.05) is 51.0 Å². The average Bonchev–Trinajstić information content (AvgIpc) is 3.18. The Kier molecular flexibility index (Phi) is 6.27. The quantitative estimate of drug-likeness (QED) is 0.763. The number of morpholine rings is 1. The van der Waals surface area contributed by atoms with Crippen LogP contribution >= 0.6 is 0 Å². The number of aromatic nitrogens is 2. The van der Waals surface area contributed by atoms with Crippen molar-refractivity contribution in [1.82, 2.24) is 9.97 Å². The van der Waals surface area contributed by atoms with Crippen LogP contribution in [-0.2, 0) is 14.3 Å². The van der Waals surface area contributed by atoms with E-state index in [4.69, 9.17) is 4.74 Å². The predicted octanol–water partition coefficient (Wildman–Crippen LogP) is 1.99. The van der Waals surface area contributed by atoms with Gasteiger partial charge in [-0.15, -0.1) is 0 Å². The van der Waals surface area contributed by atoms with Crippen molar-refractivity contribution in [2.24, 2.45) is 5.92 Å². The lowest BCUT2D eigenvalue weighted by atomic mass is 10.1. The van der Waals surface area contributed by atoms with Crippen molar-refractivity contribution in [3.63, 3.8) is 0 Å². The highest BCUT2D eigenvalue weighted by Crippen LogP contribution is 2.29. The molecule has 3 heterocycles. The van der Waals surface area contributed by atoms with E-state index in [-0.39, 0.29) is 18.2 Å². The van der Waals surface area contributed by atoms with E-state index < -0.39 is 5.92 Å². The molecule has 1 aromatic carbocycles. The summed E-state index contributed by atoms with van der Waals surface area (Å²) in [5.41, 5.74) is 3.66. The third kappa shape index (κ3) is 4.52. The summed E-state index contributed by atoms with van der Waals surface area (Å²) in [5.74, 6) is 0.575. The van der Waals surface area contributed by atoms with Gasteiger partial charge in [-0.1, -0.05) is 6.07 Å². The zero-order valence-electron chi connectivity index (χ0n) is 19.1. The summed E-state index contributed by atoms with van der Waals surface area (Å²) in [6, 6.07) is 5.93. The fourth-order valence-corrected chi connectivity index (χ4v) is 3.97. The number of carbonyl (C=O) groups excluding carboxylic acids is 2. The zero-order chi connectivity index (χ0) is 22.8. The van der Waals surface area contributed by atoms with Gasteiger partial charge in [0.1, 0.15) is 5.69 Å². The SMILES string of the molecule is Cc1ccc(N2CC(C(=O)Nc3cnc(N4CCOCC4)nc3N(C)C)CC2=O)cc1C. The predicted molar refractivity (Wildman–Crippen MR) is 124 cm³/mol. The van der Waals surface area contributed by atoms with E-state index in [9.17, 15) is 9.59 Å². The van der Waals surface area contributed by atoms with Gasteiger partial charge >= 0.3 is 0 Å². The molecule has 2 aliphatic rings. The normalized spacial score (nSPS) is 18.8. The second-order valence-electron chi connectivity index (χ2n) is 8.56. The standard InChI is InChI=1S/C23H30N6O3/c1-15-5-6-18(11-16(15)2)29-14-17(12-20(29)30)22(31)25-19-13-24-23(26-21(19)27(3)4)28-7-9-32-10-8-28/h5-6,11,13,17H,7-10,12,14H2,1-4H3,(H,25,31). The van der Waals surface area contributed by atoms with Gasteiger partial charge in [-0.05, 0) is 37.1 Å². The number of nitrogens with zero attached hydrogens (tertiary/aromatic N) is 5. The fourth-order valence-electron chi connectivity index (χ4n) is 3.97. The van der Waals surface area contributed by atoms with Crippen molar-refractivity contribution in [1.29, 1.82) is 0 Å². The summed E-state index contributed by atoms with van der Waals surface area (Å²) in [7, 11) is 3.75. The topological polar surface area (TPSA) is 90.9 Å². The lowest BCUT2D eigenvalue weighted by Gasteiger charge is -2.28. The molecule has 2 fully saturated rings. The summed E-state index contributed by atoms with van der Waals surface area (Å²) in [6.07, 6.45) is 1.83. The Morgan fingerprint density at radius 3 is 2.62 bits per heavy atom. The highest BCUT2D eigenvalue weighted by atomic mass is 16.5. The Labute approximate surface area is 188 Å². The van der Waals surface area contributed by atoms with Crippen LogP contribution < -0.4 is 20.0 Å². The van der Waals surface area contributed by atoms with Crippen LogP contribution in [0.15, 0.2) is 24.4 Å². The Bertz CT molecular complexity index is 1020. The number of nitrogens with one attached hydrogen (secondary N) is 1. The molecule has 2 amide bonds. The molecule has 2 aliphatic heterocycles. The maximum Gasteiger partial charge on any atom is 0.229 e. The molecule has 0 saturated carbocycles. The number of rotatable bonds is 5. The molecule has 170 valence electrons. The summed E-state index contributed by atoms with van der Waals surface area (Å²) < 4.78 is 5.40. The van der Waals surface area contributed by atoms with Gasteiger partial charge in [-0.25, -0.2) is 4.98 Å². The molecule has 9 nitrogen and oxygen atoms in total. The van der Waals surface area contributed by atoms with E-state index >= 15 is 0 Å². The second-order valence-corrected chi connectivity index (χ2v) is 8.56. The van der Waals surface area contributed by atoms with Crippen LogP contribution in [0.1, 0.15) is 17.5 Å². The fraction of sp³-hybridized carbons (Fsp3) is 0.478. The number of carbonyl (C=O) groups is 2. The molecule has 0 bridgehead atoms. The van der Waals surface area contributed by atoms with Crippen LogP contribution in [-0.4, -0.2) is 68.7 Å². The lowest BCUT2D eigenvalue weighted by molar-refractivity contribution is -0.122. The van der Waals surface area contributed by atoms with Crippen molar-refractivity contribution >= 4 is 35.0 Å². The van der Waals surface area contributed by atoms with Gasteiger partial charge < -0.3 is 24.8 Å². The first-order chi connectivity index (χ1) is 15.3. The van der Waals surface area contributed by atoms with Gasteiger partial charge in [0.15, 0.2) is 5.82 Å². The molecule has 1 unspecified atom stereocenters. The highest BCUT2D eigenvalue weighted by molar-refractivity contribution is 6.04. The number of ether oxygens (including phenoxy) is 1. The summed E-state index contributed by atoms with van der Waals surface area (Å²) in [4.78, 5) is 40.4. The van der Waals surface area contributed by atoms with Crippen LogP contribution in [0.4, 0.5) is 23.1 Å². The number of aryl methyl sites for hydroxylation is 2. The van der Waals surface area contributed by atoms with Gasteiger partial charge in [0, 0.05) is 45.8 Å². The van der Waals surface area contributed by atoms with Crippen LogP contribution in [0.2, 0.25) is 0 Å². The average molecular weight is 439 g/mol. The van der Waals surface area contributed by atoms with Crippen LogP contribution in [0.25, 0.3) is 0 Å². The molecule has 1 N–H and O–H groups in total. The molecule has 0 radical (unpaired) electrons. The molecule has 0 aliphatic carbocycles. The maximum atomic E-state index is 13.0. The molecule has 2 aromatic rings. The third-order valence-corrected chi connectivity index (χ3v) is 6.03. The third-order valence-electron chi connectivity index (χ3n) is 6.03. The van der Waals surface area contributed by atoms with E-state index in [2.05, 4.69) is 20.2 Å². The molecule has 1 atom stereocenters. The lowest BCUT2D eigenvalue weighted by Crippen LogP contribution is -2.37. The molecule has 32 heavy (non-hydrogen) atoms. The maximum absolute atomic E-state index is 13.0. The molecule has 0 spiro atoms.